The number of anilines is 1. The van der Waals surface area contributed by atoms with Crippen molar-refractivity contribution in [2.24, 2.45) is 0 Å². The number of sulfonamides is 1. The molecule has 1 heterocycles. The van der Waals surface area contributed by atoms with Gasteiger partial charge in [0.1, 0.15) is 0 Å². The van der Waals surface area contributed by atoms with Crippen LogP contribution in [0.1, 0.15) is 11.1 Å². The molecule has 1 aliphatic heterocycles. The van der Waals surface area contributed by atoms with Crippen LogP contribution >= 0.6 is 0 Å². The average molecular weight is 476 g/mol. The fourth-order valence-electron chi connectivity index (χ4n) is 2.91. The SMILES string of the molecule is COc1cc(C)c(S(=O)(=O)N2c3ccccc3O[I-]C2CO)c(C)c1. The van der Waals surface area contributed by atoms with Crippen molar-refractivity contribution in [2.75, 3.05) is 18.0 Å². The van der Waals surface area contributed by atoms with Crippen molar-refractivity contribution in [2.45, 2.75) is 22.8 Å². The number of fused-ring (bicyclic) bond motifs is 1. The number of para-hydroxylation sites is 2. The van der Waals surface area contributed by atoms with E-state index in [1.807, 2.05) is 0 Å². The molecule has 1 N–H and O–H groups in total. The second kappa shape index (κ2) is 7.00. The Hall–Kier alpha value is -1.52. The van der Waals surface area contributed by atoms with Gasteiger partial charge in [-0.3, -0.25) is 0 Å². The van der Waals surface area contributed by atoms with Gasteiger partial charge in [-0.25, -0.2) is 0 Å². The van der Waals surface area contributed by atoms with Gasteiger partial charge in [0.05, 0.1) is 0 Å². The van der Waals surface area contributed by atoms with Gasteiger partial charge in [-0.15, -0.1) is 0 Å². The molecule has 0 amide bonds. The molecule has 0 saturated heterocycles. The monoisotopic (exact) mass is 476 g/mol. The van der Waals surface area contributed by atoms with Crippen LogP contribution in [0.5, 0.6) is 11.5 Å². The van der Waals surface area contributed by atoms with Crippen LogP contribution in [0.4, 0.5) is 5.69 Å². The molecule has 0 aliphatic carbocycles. The number of hydrogen-bond donors (Lipinski definition) is 1. The number of ether oxygens (including phenoxy) is 1. The zero-order valence-corrected chi connectivity index (χ0v) is 17.0. The number of halogens is 1. The molecular formula is C17H19INO5S-. The van der Waals surface area contributed by atoms with Gasteiger partial charge in [0.2, 0.25) is 0 Å². The summed E-state index contributed by atoms with van der Waals surface area (Å²) in [6, 6.07) is 10.4. The van der Waals surface area contributed by atoms with Crippen LogP contribution in [0.25, 0.3) is 0 Å². The number of methoxy groups -OCH3 is 1. The Morgan fingerprint density at radius 2 is 1.88 bits per heavy atom. The van der Waals surface area contributed by atoms with Crippen molar-refractivity contribution in [3.05, 3.63) is 47.5 Å². The first kappa shape index (κ1) is 18.3. The molecule has 25 heavy (non-hydrogen) atoms. The Labute approximate surface area is 158 Å². The third-order valence-corrected chi connectivity index (χ3v) is 8.70. The van der Waals surface area contributed by atoms with Crippen LogP contribution in [-0.2, 0) is 10.0 Å². The number of aryl methyl sites for hydroxylation is 2. The van der Waals surface area contributed by atoms with Gasteiger partial charge in [-0.2, -0.15) is 0 Å². The number of hydrogen-bond acceptors (Lipinski definition) is 5. The summed E-state index contributed by atoms with van der Waals surface area (Å²) in [5, 5.41) is 9.74. The van der Waals surface area contributed by atoms with Crippen LogP contribution in [0.3, 0.4) is 0 Å². The summed E-state index contributed by atoms with van der Waals surface area (Å²) < 4.78 is 38.7. The predicted molar refractivity (Wildman–Crippen MR) is 90.1 cm³/mol. The minimum atomic E-state index is -3.86. The Morgan fingerprint density at radius 3 is 2.48 bits per heavy atom. The van der Waals surface area contributed by atoms with E-state index in [-0.39, 0.29) is 11.5 Å². The molecule has 0 saturated carbocycles. The van der Waals surface area contributed by atoms with Crippen molar-refractivity contribution in [3.63, 3.8) is 0 Å². The van der Waals surface area contributed by atoms with E-state index in [1.165, 1.54) is 4.31 Å². The third-order valence-electron chi connectivity index (χ3n) is 3.92. The summed E-state index contributed by atoms with van der Waals surface area (Å²) in [6.07, 6.45) is 0. The summed E-state index contributed by atoms with van der Waals surface area (Å²) in [5.74, 6) is 1.15. The van der Waals surface area contributed by atoms with E-state index < -0.39 is 35.7 Å². The van der Waals surface area contributed by atoms with E-state index in [1.54, 1.807) is 57.4 Å². The molecular weight excluding hydrogens is 457 g/mol. The number of alkyl halides is 1. The molecule has 2 aromatic rings. The van der Waals surface area contributed by atoms with Gasteiger partial charge >= 0.3 is 158 Å². The first-order valence-electron chi connectivity index (χ1n) is 7.60. The molecule has 0 spiro atoms. The standard InChI is InChI=1S/C17H19INO5S/c1-11-8-13(23-3)9-12(2)17(11)25(21,22)19-14-6-4-5-7-15(14)24-18-16(19)10-20/h4-9,16,20H,10H2,1-3H3/q-1. The van der Waals surface area contributed by atoms with Crippen LogP contribution in [0.2, 0.25) is 0 Å². The van der Waals surface area contributed by atoms with E-state index in [9.17, 15) is 13.5 Å². The van der Waals surface area contributed by atoms with E-state index >= 15 is 0 Å². The van der Waals surface area contributed by atoms with Crippen molar-refractivity contribution in [3.8, 4) is 11.5 Å². The van der Waals surface area contributed by atoms with Gasteiger partial charge in [0, 0.05) is 0 Å². The normalized spacial score (nSPS) is 17.3. The van der Waals surface area contributed by atoms with Crippen LogP contribution in [0, 0.1) is 13.8 Å². The maximum atomic E-state index is 13.5. The predicted octanol–water partition coefficient (Wildman–Crippen LogP) is -0.778. The third kappa shape index (κ3) is 3.18. The summed E-state index contributed by atoms with van der Waals surface area (Å²) in [7, 11) is -2.31. The molecule has 0 fully saturated rings. The first-order valence-corrected chi connectivity index (χ1v) is 11.2. The van der Waals surface area contributed by atoms with E-state index in [0.29, 0.717) is 28.3 Å². The average Bonchev–Trinajstić information content (AvgIpc) is 2.59. The summed E-state index contributed by atoms with van der Waals surface area (Å²) in [4.78, 5) is 0.243. The molecule has 6 nitrogen and oxygen atoms in total. The zero-order valence-electron chi connectivity index (χ0n) is 14.1. The summed E-state index contributed by atoms with van der Waals surface area (Å²) in [5.41, 5.74) is 1.67. The fourth-order valence-corrected chi connectivity index (χ4v) is 7.54. The number of nitrogens with zero attached hydrogens (tertiary/aromatic N) is 1. The quantitative estimate of drug-likeness (QED) is 0.356. The molecule has 1 atom stereocenters. The minimum absolute atomic E-state index is 0.243. The number of aliphatic hydroxyl groups is 1. The summed E-state index contributed by atoms with van der Waals surface area (Å²) in [6.45, 7) is 3.21. The molecule has 0 bridgehead atoms. The molecule has 0 aromatic heterocycles. The van der Waals surface area contributed by atoms with Crippen molar-refractivity contribution < 1.29 is 42.9 Å². The Balaban J connectivity index is 2.20. The van der Waals surface area contributed by atoms with Crippen molar-refractivity contribution >= 4 is 15.7 Å². The Kier molecular flexibility index (Phi) is 5.12. The molecule has 8 heteroatoms. The topological polar surface area (TPSA) is 76.1 Å². The molecule has 1 aliphatic rings. The van der Waals surface area contributed by atoms with Crippen LogP contribution in [-0.4, -0.2) is 31.3 Å². The first-order chi connectivity index (χ1) is 11.9. The summed E-state index contributed by atoms with van der Waals surface area (Å²) >= 11 is -0.996. The number of benzene rings is 2. The second-order valence-electron chi connectivity index (χ2n) is 5.64. The van der Waals surface area contributed by atoms with Gasteiger partial charge in [-0.1, -0.05) is 0 Å². The molecule has 136 valence electrons. The molecule has 3 rings (SSSR count). The van der Waals surface area contributed by atoms with Crippen LogP contribution in [0.15, 0.2) is 41.3 Å². The number of aliphatic hydroxyl groups excluding tert-OH is 1. The van der Waals surface area contributed by atoms with Crippen LogP contribution < -0.4 is 33.7 Å². The van der Waals surface area contributed by atoms with Crippen molar-refractivity contribution in [1.82, 2.24) is 0 Å². The van der Waals surface area contributed by atoms with E-state index in [2.05, 4.69) is 0 Å². The van der Waals surface area contributed by atoms with Gasteiger partial charge in [-0.05, 0) is 0 Å². The molecule has 0 radical (unpaired) electrons. The fraction of sp³-hybridized carbons (Fsp3) is 0.294. The van der Waals surface area contributed by atoms with E-state index in [4.69, 9.17) is 7.80 Å². The van der Waals surface area contributed by atoms with E-state index in [0.717, 1.165) is 0 Å². The van der Waals surface area contributed by atoms with Crippen molar-refractivity contribution in [1.29, 1.82) is 0 Å². The second-order valence-corrected chi connectivity index (χ2v) is 9.78. The van der Waals surface area contributed by atoms with Gasteiger partial charge in [0.15, 0.2) is 0 Å². The maximum absolute atomic E-state index is 13.5. The molecule has 2 aromatic carbocycles. The Morgan fingerprint density at radius 1 is 1.24 bits per heavy atom. The zero-order chi connectivity index (χ0) is 18.2. The number of rotatable bonds is 4. The van der Waals surface area contributed by atoms with Gasteiger partial charge < -0.3 is 0 Å². The van der Waals surface area contributed by atoms with Gasteiger partial charge in [0.25, 0.3) is 0 Å². The molecule has 1 unspecified atom stereocenters. The Bertz CT molecular complexity index is 877.